The van der Waals surface area contributed by atoms with E-state index in [1.54, 1.807) is 0 Å². The summed E-state index contributed by atoms with van der Waals surface area (Å²) in [6.45, 7) is 0. The van der Waals surface area contributed by atoms with Crippen LogP contribution in [0.1, 0.15) is 0 Å². The van der Waals surface area contributed by atoms with Gasteiger partial charge in [-0.3, -0.25) is 0 Å². The van der Waals surface area contributed by atoms with E-state index in [0.29, 0.717) is 0 Å². The summed E-state index contributed by atoms with van der Waals surface area (Å²) in [5.41, 5.74) is -9.67. The first-order chi connectivity index (χ1) is 5.94. The Morgan fingerprint density at radius 3 is 0.929 bits per heavy atom. The molecule has 0 saturated carbocycles. The number of hydrogen-bond acceptors (Lipinski definition) is 2. The second kappa shape index (κ2) is 7.43. The van der Waals surface area contributed by atoms with Crippen LogP contribution in [-0.2, 0) is 0 Å². The van der Waals surface area contributed by atoms with Gasteiger partial charge in [-0.05, 0) is 0 Å². The van der Waals surface area contributed by atoms with Crippen LogP contribution in [0.2, 0.25) is 0 Å². The van der Waals surface area contributed by atoms with Gasteiger partial charge >= 0.3 is 11.0 Å². The number of hydrogen-bond donors (Lipinski definition) is 0. The normalized spacial score (nSPS) is 12.4. The van der Waals surface area contributed by atoms with Gasteiger partial charge in [-0.25, -0.2) is 0 Å². The molecule has 0 bridgehead atoms. The number of alkyl halides is 9. The Balaban J connectivity index is 0. The zero-order valence-corrected chi connectivity index (χ0v) is 9.70. The molecule has 0 aromatic heterocycles. The van der Waals surface area contributed by atoms with E-state index in [-0.39, 0.29) is 0 Å². The Hall–Kier alpha value is 1.15. The van der Waals surface area contributed by atoms with Gasteiger partial charge in [0.25, 0.3) is 0 Å². The Morgan fingerprint density at radius 1 is 0.714 bits per heavy atom. The third-order valence-corrected chi connectivity index (χ3v) is 2.08. The third kappa shape index (κ3) is 29.2. The molecular weight excluding hydrogens is 321 g/mol. The van der Waals surface area contributed by atoms with Crippen molar-refractivity contribution in [3.63, 3.8) is 0 Å². The summed E-state index contributed by atoms with van der Waals surface area (Å²) in [4.78, 5) is 0. The highest BCUT2D eigenvalue weighted by atomic mass is 35.6. The van der Waals surface area contributed by atoms with Gasteiger partial charge in [0.15, 0.2) is 4.30 Å². The predicted octanol–water partition coefficient (Wildman–Crippen LogP) is 5.39. The average molecular weight is 322 g/mol. The van der Waals surface area contributed by atoms with Crippen LogP contribution in [0.5, 0.6) is 0 Å². The van der Waals surface area contributed by atoms with E-state index >= 15 is 0 Å². The van der Waals surface area contributed by atoms with Crippen molar-refractivity contribution in [1.82, 2.24) is 0 Å². The second-order valence-electron chi connectivity index (χ2n) is 1.31. The minimum absolute atomic E-state index is 0.750. The SMILES string of the molecule is ClC(Cl)Cl.FC(F)(F)SSC(F)(F)F. The Morgan fingerprint density at radius 2 is 0.857 bits per heavy atom. The van der Waals surface area contributed by atoms with Gasteiger partial charge in [0, 0.05) is 21.6 Å². The van der Waals surface area contributed by atoms with Gasteiger partial charge in [-0.15, -0.1) is 0 Å². The summed E-state index contributed by atoms with van der Waals surface area (Å²) in [5.74, 6) is 0. The lowest BCUT2D eigenvalue weighted by molar-refractivity contribution is -0.0372. The first kappa shape index (κ1) is 17.5. The van der Waals surface area contributed by atoms with Crippen LogP contribution >= 0.6 is 56.4 Å². The molecule has 0 saturated heterocycles. The van der Waals surface area contributed by atoms with Crippen molar-refractivity contribution in [1.29, 1.82) is 0 Å². The van der Waals surface area contributed by atoms with Crippen LogP contribution in [0.3, 0.4) is 0 Å². The molecule has 0 rings (SSSR count). The lowest BCUT2D eigenvalue weighted by atomic mass is 11.6. The van der Waals surface area contributed by atoms with Gasteiger partial charge in [0.05, 0.1) is 0 Å². The zero-order chi connectivity index (χ0) is 12.0. The molecule has 0 aliphatic heterocycles. The maximum Gasteiger partial charge on any atom is 0.452 e. The molecule has 14 heavy (non-hydrogen) atoms. The van der Waals surface area contributed by atoms with E-state index < -0.39 is 36.9 Å². The van der Waals surface area contributed by atoms with E-state index in [1.165, 1.54) is 0 Å². The van der Waals surface area contributed by atoms with E-state index in [2.05, 4.69) is 0 Å². The highest BCUT2D eigenvalue weighted by Gasteiger charge is 2.38. The van der Waals surface area contributed by atoms with E-state index in [1.807, 2.05) is 0 Å². The lowest BCUT2D eigenvalue weighted by Gasteiger charge is -2.05. The number of rotatable bonds is 1. The third-order valence-electron chi connectivity index (χ3n) is 0.231. The number of halogens is 9. The lowest BCUT2D eigenvalue weighted by Crippen LogP contribution is -2.03. The van der Waals surface area contributed by atoms with Crippen molar-refractivity contribution >= 4 is 56.4 Å². The Bertz CT molecular complexity index is 127. The molecule has 11 heteroatoms. The van der Waals surface area contributed by atoms with Crippen molar-refractivity contribution in [2.24, 2.45) is 0 Å². The first-order valence-electron chi connectivity index (χ1n) is 2.36. The van der Waals surface area contributed by atoms with Crippen LogP contribution in [-0.4, -0.2) is 15.3 Å². The molecule has 0 aromatic carbocycles. The van der Waals surface area contributed by atoms with E-state index in [0.717, 1.165) is 0 Å². The summed E-state index contributed by atoms with van der Waals surface area (Å²) in [6, 6.07) is 0. The van der Waals surface area contributed by atoms with Gasteiger partial charge in [0.1, 0.15) is 0 Å². The Kier molecular flexibility index (Phi) is 9.31. The van der Waals surface area contributed by atoms with Crippen LogP contribution in [0.15, 0.2) is 0 Å². The fourth-order valence-corrected chi connectivity index (χ4v) is 0.850. The molecule has 0 aliphatic carbocycles. The Labute approximate surface area is 98.0 Å². The molecule has 0 radical (unpaired) electrons. The fraction of sp³-hybridized carbons (Fsp3) is 1.00. The molecule has 0 spiro atoms. The molecule has 0 fully saturated rings. The second-order valence-corrected chi connectivity index (χ2v) is 5.54. The molecule has 0 heterocycles. The van der Waals surface area contributed by atoms with Crippen LogP contribution in [0.25, 0.3) is 0 Å². The van der Waals surface area contributed by atoms with Crippen molar-refractivity contribution in [3.05, 3.63) is 0 Å². The van der Waals surface area contributed by atoms with Crippen molar-refractivity contribution in [2.45, 2.75) is 15.3 Å². The van der Waals surface area contributed by atoms with Gasteiger partial charge in [-0.2, -0.15) is 26.3 Å². The van der Waals surface area contributed by atoms with E-state index in [9.17, 15) is 26.3 Å². The molecular formula is C3HCl3F6S2. The zero-order valence-electron chi connectivity index (χ0n) is 5.80. The molecule has 0 unspecified atom stereocenters. The first-order valence-corrected chi connectivity index (χ1v) is 5.82. The largest absolute Gasteiger partial charge is 0.452 e. The summed E-state index contributed by atoms with van der Waals surface area (Å²) in [6.07, 6.45) is 0. The van der Waals surface area contributed by atoms with Crippen molar-refractivity contribution in [2.75, 3.05) is 0 Å². The van der Waals surface area contributed by atoms with Crippen LogP contribution in [0, 0.1) is 0 Å². The summed E-state index contributed by atoms with van der Waals surface area (Å²) >= 11 is 14.4. The van der Waals surface area contributed by atoms with Gasteiger partial charge < -0.3 is 0 Å². The monoisotopic (exact) mass is 320 g/mol. The average Bonchev–Trinajstić information content (AvgIpc) is 1.79. The quantitative estimate of drug-likeness (QED) is 0.360. The predicted molar refractivity (Wildman–Crippen MR) is 48.6 cm³/mol. The molecule has 0 nitrogen and oxygen atoms in total. The fourth-order valence-electron chi connectivity index (χ4n) is 0.0945. The summed E-state index contributed by atoms with van der Waals surface area (Å²) in [5, 5.41) is 0. The molecule has 0 N–H and O–H groups in total. The van der Waals surface area contributed by atoms with Gasteiger partial charge in [-0.1, -0.05) is 34.8 Å². The van der Waals surface area contributed by atoms with E-state index in [4.69, 9.17) is 34.8 Å². The maximum absolute atomic E-state index is 11.0. The highest BCUT2D eigenvalue weighted by molar-refractivity contribution is 8.77. The molecule has 0 amide bonds. The summed E-state index contributed by atoms with van der Waals surface area (Å²) in [7, 11) is -2.34. The van der Waals surface area contributed by atoms with Gasteiger partial charge in [0.2, 0.25) is 0 Å². The minimum atomic E-state index is -4.83. The standard InChI is InChI=1S/C2F6S2.CHCl3/c3-1(4,5)9-10-2(6,7)8;2-1(3)4/h;1H. The topological polar surface area (TPSA) is 0 Å². The maximum atomic E-state index is 11.0. The smallest absolute Gasteiger partial charge is 0.160 e. The molecule has 0 aromatic rings. The minimum Gasteiger partial charge on any atom is -0.160 e. The van der Waals surface area contributed by atoms with Crippen LogP contribution < -0.4 is 0 Å². The van der Waals surface area contributed by atoms with Crippen molar-refractivity contribution in [3.8, 4) is 0 Å². The van der Waals surface area contributed by atoms with Crippen LogP contribution in [0.4, 0.5) is 26.3 Å². The molecule has 0 aliphatic rings. The van der Waals surface area contributed by atoms with Crippen molar-refractivity contribution < 1.29 is 26.3 Å². The highest BCUT2D eigenvalue weighted by Crippen LogP contribution is 2.48. The molecule has 0 atom stereocenters. The summed E-state index contributed by atoms with van der Waals surface area (Å²) < 4.78 is 65.4. The molecule has 88 valence electrons.